The maximum absolute atomic E-state index is 13.0. The summed E-state index contributed by atoms with van der Waals surface area (Å²) in [5, 5.41) is 5.95. The van der Waals surface area contributed by atoms with Crippen LogP contribution in [0.4, 0.5) is 5.69 Å². The normalized spacial score (nSPS) is 11.1. The second-order valence-electron chi connectivity index (χ2n) is 6.63. The van der Waals surface area contributed by atoms with Gasteiger partial charge in [0.25, 0.3) is 0 Å². The standard InChI is InChI=1S/C23H24N4O3.ClH/c1-2-30-22(28)15-26-21(11-17-7-4-3-5-8-17)23(29)27-20-10-6-9-18(12-20)19-13-24-16-25-14-19;/h3-10,12-14,16,21,26H,2,11,15H2,1H3,(H,27,29);1H/t21-;/m0./s1. The van der Waals surface area contributed by atoms with Crippen LogP contribution >= 0.6 is 12.4 Å². The number of ether oxygens (including phenoxy) is 1. The molecule has 2 N–H and O–H groups in total. The van der Waals surface area contributed by atoms with Crippen molar-refractivity contribution in [2.45, 2.75) is 19.4 Å². The molecule has 0 aliphatic rings. The first kappa shape index (κ1) is 24.0. The molecule has 1 amide bonds. The molecule has 3 aromatic rings. The van der Waals surface area contributed by atoms with Gasteiger partial charge in [-0.3, -0.25) is 14.9 Å². The molecular weight excluding hydrogens is 416 g/mol. The van der Waals surface area contributed by atoms with Crippen molar-refractivity contribution in [3.05, 3.63) is 78.9 Å². The number of benzene rings is 2. The van der Waals surface area contributed by atoms with E-state index in [0.29, 0.717) is 18.7 Å². The first-order valence-electron chi connectivity index (χ1n) is 9.75. The van der Waals surface area contributed by atoms with Gasteiger partial charge in [0.05, 0.1) is 19.2 Å². The molecule has 1 aromatic heterocycles. The molecule has 1 heterocycles. The molecule has 8 heteroatoms. The highest BCUT2D eigenvalue weighted by molar-refractivity contribution is 5.95. The van der Waals surface area contributed by atoms with Crippen LogP contribution in [0.1, 0.15) is 12.5 Å². The first-order chi connectivity index (χ1) is 14.7. The van der Waals surface area contributed by atoms with Crippen LogP contribution in [0.5, 0.6) is 0 Å². The lowest BCUT2D eigenvalue weighted by molar-refractivity contribution is -0.142. The first-order valence-corrected chi connectivity index (χ1v) is 9.75. The Hall–Kier alpha value is -3.29. The summed E-state index contributed by atoms with van der Waals surface area (Å²) in [6.45, 7) is 2.00. The monoisotopic (exact) mass is 440 g/mol. The number of rotatable bonds is 9. The van der Waals surface area contributed by atoms with Crippen molar-refractivity contribution in [1.82, 2.24) is 15.3 Å². The van der Waals surface area contributed by atoms with E-state index in [-0.39, 0.29) is 24.9 Å². The Labute approximate surface area is 187 Å². The fraction of sp³-hybridized carbons (Fsp3) is 0.217. The van der Waals surface area contributed by atoms with Gasteiger partial charge in [-0.05, 0) is 36.6 Å². The van der Waals surface area contributed by atoms with Crippen LogP contribution in [0.2, 0.25) is 0 Å². The molecule has 7 nitrogen and oxygen atoms in total. The lowest BCUT2D eigenvalue weighted by Gasteiger charge is -2.18. The highest BCUT2D eigenvalue weighted by atomic mass is 35.5. The molecule has 31 heavy (non-hydrogen) atoms. The van der Waals surface area contributed by atoms with E-state index >= 15 is 0 Å². The van der Waals surface area contributed by atoms with E-state index < -0.39 is 12.0 Å². The lowest BCUT2D eigenvalue weighted by atomic mass is 10.0. The van der Waals surface area contributed by atoms with E-state index in [0.717, 1.165) is 16.7 Å². The number of amides is 1. The van der Waals surface area contributed by atoms with Gasteiger partial charge in [0.1, 0.15) is 6.33 Å². The molecule has 0 unspecified atom stereocenters. The van der Waals surface area contributed by atoms with Crippen LogP contribution in [0.3, 0.4) is 0 Å². The van der Waals surface area contributed by atoms with Gasteiger partial charge in [-0.1, -0.05) is 42.5 Å². The number of carbonyl (C=O) groups is 2. The number of hydrogen-bond donors (Lipinski definition) is 2. The predicted octanol–water partition coefficient (Wildman–Crippen LogP) is 3.27. The zero-order chi connectivity index (χ0) is 21.2. The summed E-state index contributed by atoms with van der Waals surface area (Å²) >= 11 is 0. The van der Waals surface area contributed by atoms with Crippen LogP contribution in [0, 0.1) is 0 Å². The molecular formula is C23H25ClN4O3. The number of anilines is 1. The third-order valence-electron chi connectivity index (χ3n) is 4.42. The number of aromatic nitrogens is 2. The summed E-state index contributed by atoms with van der Waals surface area (Å²) in [7, 11) is 0. The molecule has 0 saturated heterocycles. The third-order valence-corrected chi connectivity index (χ3v) is 4.42. The van der Waals surface area contributed by atoms with E-state index in [9.17, 15) is 9.59 Å². The summed E-state index contributed by atoms with van der Waals surface area (Å²) in [5.74, 6) is -0.626. The number of hydrogen-bond acceptors (Lipinski definition) is 6. The van der Waals surface area contributed by atoms with E-state index in [1.54, 1.807) is 19.3 Å². The van der Waals surface area contributed by atoms with Crippen molar-refractivity contribution in [2.75, 3.05) is 18.5 Å². The summed E-state index contributed by atoms with van der Waals surface area (Å²) in [5.41, 5.74) is 3.39. The Bertz CT molecular complexity index is 971. The van der Waals surface area contributed by atoms with Gasteiger partial charge in [0, 0.05) is 23.6 Å². The van der Waals surface area contributed by atoms with Gasteiger partial charge < -0.3 is 10.1 Å². The van der Waals surface area contributed by atoms with Crippen LogP contribution < -0.4 is 10.6 Å². The van der Waals surface area contributed by atoms with Crippen molar-refractivity contribution >= 4 is 30.0 Å². The van der Waals surface area contributed by atoms with Gasteiger partial charge in [-0.25, -0.2) is 9.97 Å². The number of halogens is 1. The third kappa shape index (κ3) is 7.47. The highest BCUT2D eigenvalue weighted by Gasteiger charge is 2.20. The molecule has 0 radical (unpaired) electrons. The maximum atomic E-state index is 13.0. The Morgan fingerprint density at radius 2 is 1.74 bits per heavy atom. The van der Waals surface area contributed by atoms with Crippen molar-refractivity contribution in [3.63, 3.8) is 0 Å². The van der Waals surface area contributed by atoms with Crippen molar-refractivity contribution in [3.8, 4) is 11.1 Å². The van der Waals surface area contributed by atoms with Crippen LogP contribution in [-0.2, 0) is 20.7 Å². The highest BCUT2D eigenvalue weighted by Crippen LogP contribution is 2.21. The molecule has 0 fully saturated rings. The molecule has 0 saturated carbocycles. The lowest BCUT2D eigenvalue weighted by Crippen LogP contribution is -2.44. The minimum atomic E-state index is -0.597. The number of esters is 1. The fourth-order valence-electron chi connectivity index (χ4n) is 2.98. The molecule has 0 spiro atoms. The molecule has 2 aromatic carbocycles. The average molecular weight is 441 g/mol. The Kier molecular flexibility index (Phi) is 9.61. The van der Waals surface area contributed by atoms with Crippen LogP contribution in [-0.4, -0.2) is 41.0 Å². The Morgan fingerprint density at radius 3 is 2.45 bits per heavy atom. The van der Waals surface area contributed by atoms with E-state index in [2.05, 4.69) is 20.6 Å². The zero-order valence-corrected chi connectivity index (χ0v) is 18.0. The summed E-state index contributed by atoms with van der Waals surface area (Å²) in [6, 6.07) is 16.5. The van der Waals surface area contributed by atoms with Crippen LogP contribution in [0.15, 0.2) is 73.3 Å². The van der Waals surface area contributed by atoms with Gasteiger partial charge in [-0.2, -0.15) is 0 Å². The van der Waals surface area contributed by atoms with Crippen molar-refractivity contribution < 1.29 is 14.3 Å². The molecule has 1 atom stereocenters. The van der Waals surface area contributed by atoms with Gasteiger partial charge in [0.2, 0.25) is 5.91 Å². The Morgan fingerprint density at radius 1 is 1.00 bits per heavy atom. The van der Waals surface area contributed by atoms with E-state index in [1.165, 1.54) is 6.33 Å². The van der Waals surface area contributed by atoms with Gasteiger partial charge >= 0.3 is 5.97 Å². The van der Waals surface area contributed by atoms with E-state index in [4.69, 9.17) is 4.74 Å². The fourth-order valence-corrected chi connectivity index (χ4v) is 2.98. The zero-order valence-electron chi connectivity index (χ0n) is 17.2. The van der Waals surface area contributed by atoms with Gasteiger partial charge in [0.15, 0.2) is 0 Å². The number of nitrogens with zero attached hydrogens (tertiary/aromatic N) is 2. The Balaban J connectivity index is 0.00000341. The minimum Gasteiger partial charge on any atom is -0.465 e. The molecule has 162 valence electrons. The molecule has 0 aliphatic carbocycles. The summed E-state index contributed by atoms with van der Waals surface area (Å²) < 4.78 is 4.96. The average Bonchev–Trinajstić information content (AvgIpc) is 2.78. The molecule has 0 bridgehead atoms. The topological polar surface area (TPSA) is 93.2 Å². The van der Waals surface area contributed by atoms with Crippen LogP contribution in [0.25, 0.3) is 11.1 Å². The molecule has 3 rings (SSSR count). The minimum absolute atomic E-state index is 0. The second kappa shape index (κ2) is 12.4. The van der Waals surface area contributed by atoms with Crippen molar-refractivity contribution in [2.24, 2.45) is 0 Å². The predicted molar refractivity (Wildman–Crippen MR) is 122 cm³/mol. The van der Waals surface area contributed by atoms with E-state index in [1.807, 2.05) is 54.6 Å². The number of carbonyl (C=O) groups excluding carboxylic acids is 2. The second-order valence-corrected chi connectivity index (χ2v) is 6.63. The maximum Gasteiger partial charge on any atom is 0.319 e. The number of nitrogens with one attached hydrogen (secondary N) is 2. The van der Waals surface area contributed by atoms with Crippen molar-refractivity contribution in [1.29, 1.82) is 0 Å². The SMILES string of the molecule is CCOC(=O)CN[C@@H](Cc1ccccc1)C(=O)Nc1cccc(-c2cncnc2)c1.Cl. The quantitative estimate of drug-likeness (QED) is 0.496. The van der Waals surface area contributed by atoms with Gasteiger partial charge in [-0.15, -0.1) is 12.4 Å². The molecule has 0 aliphatic heterocycles. The summed E-state index contributed by atoms with van der Waals surface area (Å²) in [4.78, 5) is 32.8. The largest absolute Gasteiger partial charge is 0.465 e. The summed E-state index contributed by atoms with van der Waals surface area (Å²) in [6.07, 6.45) is 5.34. The smallest absolute Gasteiger partial charge is 0.319 e.